The van der Waals surface area contributed by atoms with Gasteiger partial charge in [-0.25, -0.2) is 0 Å². The van der Waals surface area contributed by atoms with Crippen molar-refractivity contribution in [2.75, 3.05) is 295 Å². The molecule has 0 spiro atoms. The minimum atomic E-state index is 1.19. The Balaban J connectivity index is 0.000000469. The van der Waals surface area contributed by atoms with Crippen LogP contribution in [0.5, 0.6) is 0 Å². The number of nitrogens with zero attached hydrogens (tertiary/aromatic N) is 15. The van der Waals surface area contributed by atoms with Crippen LogP contribution < -0.4 is 0 Å². The summed E-state index contributed by atoms with van der Waals surface area (Å²) in [6.07, 6.45) is 0. The van der Waals surface area contributed by atoms with Crippen molar-refractivity contribution >= 4 is 0 Å². The van der Waals surface area contributed by atoms with E-state index in [1.54, 1.807) is 0 Å². The molecule has 0 aromatic heterocycles. The Kier molecular flexibility index (Phi) is 46.5. The van der Waals surface area contributed by atoms with Gasteiger partial charge in [-0.1, -0.05) is 104 Å². The Labute approximate surface area is 470 Å². The van der Waals surface area contributed by atoms with Gasteiger partial charge in [0.1, 0.15) is 0 Å². The summed E-state index contributed by atoms with van der Waals surface area (Å²) in [5.41, 5.74) is 0. The minimum absolute atomic E-state index is 1.19. The summed E-state index contributed by atoms with van der Waals surface area (Å²) >= 11 is 0. The topological polar surface area (TPSA) is 48.6 Å². The first-order valence-corrected chi connectivity index (χ1v) is 32.3. The second kappa shape index (κ2) is 48.1. The number of hydrogen-bond acceptors (Lipinski definition) is 15. The highest BCUT2D eigenvalue weighted by atomic mass is 15.3. The zero-order valence-corrected chi connectivity index (χ0v) is 53.5. The Bertz CT molecular complexity index is 811. The fraction of sp³-hybridized carbons (Fsp3) is 1.00. The molecule has 0 aromatic rings. The average molecular weight is 1070 g/mol. The van der Waals surface area contributed by atoms with Crippen molar-refractivity contribution < 1.29 is 0 Å². The van der Waals surface area contributed by atoms with E-state index in [0.29, 0.717) is 0 Å². The van der Waals surface area contributed by atoms with Crippen molar-refractivity contribution in [1.29, 1.82) is 0 Å². The van der Waals surface area contributed by atoms with Crippen LogP contribution in [0.2, 0.25) is 0 Å². The molecule has 0 aromatic carbocycles. The van der Waals surface area contributed by atoms with Gasteiger partial charge in [-0.15, -0.1) is 0 Å². The summed E-state index contributed by atoms with van der Waals surface area (Å²) in [6, 6.07) is 0. The third-order valence-corrected chi connectivity index (χ3v) is 17.7. The predicted molar refractivity (Wildman–Crippen MR) is 332 cm³/mol. The van der Waals surface area contributed by atoms with Gasteiger partial charge >= 0.3 is 0 Å². The van der Waals surface area contributed by atoms with Crippen molar-refractivity contribution in [2.45, 2.75) is 104 Å². The van der Waals surface area contributed by atoms with E-state index < -0.39 is 0 Å². The predicted octanol–water partition coefficient (Wildman–Crippen LogP) is 4.83. The normalized spacial score (nSPS) is 23.4. The maximum absolute atomic E-state index is 2.57. The fourth-order valence-corrected chi connectivity index (χ4v) is 10.7. The maximum Gasteiger partial charge on any atom is 0.0110 e. The maximum atomic E-state index is 2.57. The van der Waals surface area contributed by atoms with E-state index in [1.165, 1.54) is 295 Å². The van der Waals surface area contributed by atoms with E-state index in [2.05, 4.69) is 177 Å². The Morgan fingerprint density at radius 1 is 0.107 bits per heavy atom. The lowest BCUT2D eigenvalue weighted by atomic mass is 10.4. The molecule has 15 nitrogen and oxygen atoms in total. The second-order valence-electron chi connectivity index (χ2n) is 21.5. The quantitative estimate of drug-likeness (QED) is 0.225. The van der Waals surface area contributed by atoms with Crippen LogP contribution in [0.1, 0.15) is 104 Å². The van der Waals surface area contributed by atoms with Gasteiger partial charge in [-0.05, 0) is 98.2 Å². The lowest BCUT2D eigenvalue weighted by Gasteiger charge is -2.23. The summed E-state index contributed by atoms with van der Waals surface area (Å²) in [6.45, 7) is 89.0. The zero-order valence-electron chi connectivity index (χ0n) is 53.5. The lowest BCUT2D eigenvalue weighted by molar-refractivity contribution is 0.232. The first-order valence-electron chi connectivity index (χ1n) is 32.3. The van der Waals surface area contributed by atoms with E-state index in [4.69, 9.17) is 0 Å². The molecule has 0 bridgehead atoms. The van der Waals surface area contributed by atoms with Crippen molar-refractivity contribution in [2.24, 2.45) is 0 Å². The van der Waals surface area contributed by atoms with Crippen molar-refractivity contribution in [3.8, 4) is 0 Å². The monoisotopic (exact) mass is 1070 g/mol. The van der Waals surface area contributed by atoms with Gasteiger partial charge in [-0.2, -0.15) is 0 Å². The SMILES string of the molecule is CCN1CCN(CC)CCN(CC)CC1.CCN1CCN(CC)CCN(CC)CC1.CCN1CCN(CC)CCN(CC)CC1.CCN1CCN(CC)CCN(CC)CC1.CCN1CCN(CC)CCN(CC)CC1. The van der Waals surface area contributed by atoms with E-state index in [1.807, 2.05) is 0 Å². The molecule has 75 heavy (non-hydrogen) atoms. The molecule has 450 valence electrons. The van der Waals surface area contributed by atoms with Crippen LogP contribution in [0.4, 0.5) is 0 Å². The van der Waals surface area contributed by atoms with Crippen LogP contribution in [0.15, 0.2) is 0 Å². The first kappa shape index (κ1) is 72.4. The molecule has 0 atom stereocenters. The smallest absolute Gasteiger partial charge is 0.0110 e. The van der Waals surface area contributed by atoms with E-state index in [9.17, 15) is 0 Å². The summed E-state index contributed by atoms with van der Waals surface area (Å²) in [5, 5.41) is 0. The second-order valence-corrected chi connectivity index (χ2v) is 21.5. The van der Waals surface area contributed by atoms with Crippen molar-refractivity contribution in [1.82, 2.24) is 73.5 Å². The van der Waals surface area contributed by atoms with E-state index >= 15 is 0 Å². The average Bonchev–Trinajstić information content (AvgIpc) is 3.79. The summed E-state index contributed by atoms with van der Waals surface area (Å²) in [5.74, 6) is 0. The molecule has 0 aliphatic carbocycles. The third-order valence-electron chi connectivity index (χ3n) is 17.7. The highest BCUT2D eigenvalue weighted by Gasteiger charge is 2.18. The van der Waals surface area contributed by atoms with Gasteiger partial charge in [0, 0.05) is 196 Å². The highest BCUT2D eigenvalue weighted by molar-refractivity contribution is 4.74. The Morgan fingerprint density at radius 2 is 0.147 bits per heavy atom. The van der Waals surface area contributed by atoms with Crippen LogP contribution in [-0.4, -0.2) is 368 Å². The lowest BCUT2D eigenvalue weighted by Crippen LogP contribution is -2.35. The number of likely N-dealkylation sites (N-methyl/N-ethyl adjacent to an activating group) is 15. The summed E-state index contributed by atoms with van der Waals surface area (Å²) < 4.78 is 0. The van der Waals surface area contributed by atoms with E-state index in [0.717, 1.165) is 0 Å². The number of hydrogen-bond donors (Lipinski definition) is 0. The largest absolute Gasteiger partial charge is 0.301 e. The van der Waals surface area contributed by atoms with Gasteiger partial charge in [0.2, 0.25) is 0 Å². The van der Waals surface area contributed by atoms with Crippen LogP contribution in [0.25, 0.3) is 0 Å². The highest BCUT2D eigenvalue weighted by Crippen LogP contribution is 2.05. The van der Waals surface area contributed by atoms with Crippen LogP contribution >= 0.6 is 0 Å². The standard InChI is InChI=1S/5C12H27N3/c5*1-4-13-7-9-14(5-2)11-12-15(6-3)10-8-13/h5*4-12H2,1-3H3. The molecule has 0 N–H and O–H groups in total. The molecule has 0 saturated carbocycles. The Hall–Kier alpha value is -0.600. The molecule has 5 rings (SSSR count). The molecule has 5 saturated heterocycles. The molecule has 0 unspecified atom stereocenters. The molecule has 0 radical (unpaired) electrons. The molecular weight excluding hydrogens is 931 g/mol. The molecule has 15 heteroatoms. The summed E-state index contributed by atoms with van der Waals surface area (Å²) in [7, 11) is 0. The molecule has 5 aliphatic heterocycles. The Morgan fingerprint density at radius 3 is 0.173 bits per heavy atom. The van der Waals surface area contributed by atoms with E-state index in [-0.39, 0.29) is 0 Å². The van der Waals surface area contributed by atoms with Gasteiger partial charge in [0.05, 0.1) is 0 Å². The zero-order chi connectivity index (χ0) is 55.5. The molecule has 5 heterocycles. The fourth-order valence-electron chi connectivity index (χ4n) is 10.7. The van der Waals surface area contributed by atoms with Gasteiger partial charge < -0.3 is 73.5 Å². The first-order chi connectivity index (χ1) is 36.5. The van der Waals surface area contributed by atoms with Crippen molar-refractivity contribution in [3.63, 3.8) is 0 Å². The van der Waals surface area contributed by atoms with Crippen LogP contribution in [0, 0.1) is 0 Å². The molecule has 5 fully saturated rings. The van der Waals surface area contributed by atoms with Gasteiger partial charge in [0.25, 0.3) is 0 Å². The molecular formula is C60H135N15. The van der Waals surface area contributed by atoms with Gasteiger partial charge in [0.15, 0.2) is 0 Å². The third kappa shape index (κ3) is 34.3. The minimum Gasteiger partial charge on any atom is -0.301 e. The van der Waals surface area contributed by atoms with Crippen LogP contribution in [-0.2, 0) is 0 Å². The van der Waals surface area contributed by atoms with Crippen molar-refractivity contribution in [3.05, 3.63) is 0 Å². The van der Waals surface area contributed by atoms with Gasteiger partial charge in [-0.3, -0.25) is 0 Å². The van der Waals surface area contributed by atoms with Crippen LogP contribution in [0.3, 0.4) is 0 Å². The number of rotatable bonds is 15. The molecule has 5 aliphatic rings. The molecule has 0 amide bonds. The summed E-state index contributed by atoms with van der Waals surface area (Å²) in [4.78, 5) is 38.5.